The molecule has 1 N–H and O–H groups in total. The zero-order valence-electron chi connectivity index (χ0n) is 11.1. The van der Waals surface area contributed by atoms with Gasteiger partial charge in [0.25, 0.3) is 0 Å². The molecule has 3 rings (SSSR count). The Morgan fingerprint density at radius 1 is 1.50 bits per heavy atom. The van der Waals surface area contributed by atoms with Crippen molar-refractivity contribution in [3.63, 3.8) is 0 Å². The highest BCUT2D eigenvalue weighted by atomic mass is 16.6. The Hall–Kier alpha value is -1.25. The molecule has 1 unspecified atom stereocenters. The average molecular weight is 248 g/mol. The van der Waals surface area contributed by atoms with Gasteiger partial charge in [-0.2, -0.15) is 0 Å². The van der Waals surface area contributed by atoms with Crippen LogP contribution in [-0.4, -0.2) is 17.2 Å². The van der Waals surface area contributed by atoms with Crippen molar-refractivity contribution in [2.24, 2.45) is 23.2 Å². The van der Waals surface area contributed by atoms with Crippen LogP contribution >= 0.6 is 0 Å². The molecular weight excluding hydrogens is 228 g/mol. The fourth-order valence-electron chi connectivity index (χ4n) is 4.01. The highest BCUT2D eigenvalue weighted by Crippen LogP contribution is 2.55. The first kappa shape index (κ1) is 11.8. The average Bonchev–Trinajstić information content (AvgIpc) is 2.60. The number of hydrogen-bond donors (Lipinski definition) is 1. The molecule has 1 saturated heterocycles. The molecule has 0 aromatic carbocycles. The number of ether oxygens (including phenoxy) is 1. The normalized spacial score (nSPS) is 46.7. The molecule has 5 atom stereocenters. The Bertz CT molecular complexity index is 462. The van der Waals surface area contributed by atoms with Crippen LogP contribution in [0.1, 0.15) is 33.6 Å². The highest BCUT2D eigenvalue weighted by Gasteiger charge is 2.55. The van der Waals surface area contributed by atoms with E-state index in [1.54, 1.807) is 6.08 Å². The Balaban J connectivity index is 2.03. The van der Waals surface area contributed by atoms with Crippen LogP contribution in [0.2, 0.25) is 0 Å². The van der Waals surface area contributed by atoms with Crippen molar-refractivity contribution >= 4 is 5.97 Å². The molecule has 0 bridgehead atoms. The van der Waals surface area contributed by atoms with Crippen molar-refractivity contribution in [2.45, 2.75) is 39.7 Å². The summed E-state index contributed by atoms with van der Waals surface area (Å²) in [5, 5.41) is 9.94. The summed E-state index contributed by atoms with van der Waals surface area (Å²) in [7, 11) is 0. The summed E-state index contributed by atoms with van der Waals surface area (Å²) in [4.78, 5) is 11.8. The summed E-state index contributed by atoms with van der Waals surface area (Å²) in [5.41, 5.74) is 0.985. The molecule has 2 aliphatic carbocycles. The minimum Gasteiger partial charge on any atom is -0.508 e. The van der Waals surface area contributed by atoms with Gasteiger partial charge in [-0.25, -0.2) is 0 Å². The van der Waals surface area contributed by atoms with Crippen LogP contribution in [0.25, 0.3) is 0 Å². The van der Waals surface area contributed by atoms with Gasteiger partial charge in [0.15, 0.2) is 0 Å². The topological polar surface area (TPSA) is 46.5 Å². The third-order valence-corrected chi connectivity index (χ3v) is 5.24. The highest BCUT2D eigenvalue weighted by molar-refractivity contribution is 5.75. The van der Waals surface area contributed by atoms with Gasteiger partial charge in [0.05, 0.1) is 5.92 Å². The number of aliphatic hydroxyl groups is 1. The number of esters is 1. The Labute approximate surface area is 108 Å². The molecule has 18 heavy (non-hydrogen) atoms. The smallest absolute Gasteiger partial charge is 0.309 e. The molecule has 3 heteroatoms. The number of hydrogen-bond acceptors (Lipinski definition) is 3. The van der Waals surface area contributed by atoms with E-state index in [2.05, 4.69) is 13.0 Å². The predicted octanol–water partition coefficient (Wildman–Crippen LogP) is 2.98. The first-order chi connectivity index (χ1) is 8.44. The quantitative estimate of drug-likeness (QED) is 0.670. The third-order valence-electron chi connectivity index (χ3n) is 5.24. The van der Waals surface area contributed by atoms with Gasteiger partial charge in [0, 0.05) is 11.8 Å². The first-order valence-electron chi connectivity index (χ1n) is 6.73. The van der Waals surface area contributed by atoms with Crippen LogP contribution in [0.5, 0.6) is 0 Å². The number of rotatable bonds is 0. The van der Waals surface area contributed by atoms with Gasteiger partial charge in [-0.1, -0.05) is 19.9 Å². The molecule has 3 aliphatic rings. The molecule has 1 saturated carbocycles. The molecule has 0 amide bonds. The lowest BCUT2D eigenvalue weighted by atomic mass is 9.58. The second kappa shape index (κ2) is 3.62. The molecule has 0 aromatic rings. The van der Waals surface area contributed by atoms with Crippen molar-refractivity contribution in [3.8, 4) is 0 Å². The van der Waals surface area contributed by atoms with Crippen LogP contribution in [0, 0.1) is 23.2 Å². The van der Waals surface area contributed by atoms with Crippen molar-refractivity contribution in [1.82, 2.24) is 0 Å². The second-order valence-electron chi connectivity index (χ2n) is 6.28. The molecule has 1 heterocycles. The SMILES string of the molecule is CC1=C(O)C=C[C@]2(C)CC[C@H]3[C@H](C)C(=O)O[C@@H]3C12. The van der Waals surface area contributed by atoms with Gasteiger partial charge in [-0.15, -0.1) is 0 Å². The summed E-state index contributed by atoms with van der Waals surface area (Å²) in [6.07, 6.45) is 5.92. The van der Waals surface area contributed by atoms with Crippen LogP contribution in [0.4, 0.5) is 0 Å². The Morgan fingerprint density at radius 3 is 2.94 bits per heavy atom. The minimum atomic E-state index is -0.0731. The number of aliphatic hydroxyl groups excluding tert-OH is 1. The summed E-state index contributed by atoms with van der Waals surface area (Å²) in [6.45, 7) is 6.13. The maximum Gasteiger partial charge on any atom is 0.309 e. The summed E-state index contributed by atoms with van der Waals surface area (Å²) in [6, 6.07) is 0. The van der Waals surface area contributed by atoms with Gasteiger partial charge in [-0.05, 0) is 36.8 Å². The molecule has 0 radical (unpaired) electrons. The maximum atomic E-state index is 11.8. The molecule has 2 fully saturated rings. The number of fused-ring (bicyclic) bond motifs is 3. The predicted molar refractivity (Wildman–Crippen MR) is 67.8 cm³/mol. The van der Waals surface area contributed by atoms with E-state index in [1.165, 1.54) is 0 Å². The fourth-order valence-corrected chi connectivity index (χ4v) is 4.01. The van der Waals surface area contributed by atoms with E-state index in [1.807, 2.05) is 13.8 Å². The zero-order valence-corrected chi connectivity index (χ0v) is 11.1. The fraction of sp³-hybridized carbons (Fsp3) is 0.667. The summed E-state index contributed by atoms with van der Waals surface area (Å²) in [5.74, 6) is 0.713. The van der Waals surface area contributed by atoms with Crippen LogP contribution in [0.3, 0.4) is 0 Å². The maximum absolute atomic E-state index is 11.8. The lowest BCUT2D eigenvalue weighted by Crippen LogP contribution is -2.45. The van der Waals surface area contributed by atoms with E-state index >= 15 is 0 Å². The zero-order chi connectivity index (χ0) is 13.1. The monoisotopic (exact) mass is 248 g/mol. The summed E-state index contributed by atoms with van der Waals surface area (Å²) >= 11 is 0. The third kappa shape index (κ3) is 1.39. The van der Waals surface area contributed by atoms with Crippen LogP contribution in [0.15, 0.2) is 23.5 Å². The van der Waals surface area contributed by atoms with Gasteiger partial charge < -0.3 is 9.84 Å². The van der Waals surface area contributed by atoms with E-state index in [-0.39, 0.29) is 29.3 Å². The Morgan fingerprint density at radius 2 is 2.22 bits per heavy atom. The van der Waals surface area contributed by atoms with Gasteiger partial charge >= 0.3 is 5.97 Å². The lowest BCUT2D eigenvalue weighted by molar-refractivity contribution is -0.146. The van der Waals surface area contributed by atoms with Gasteiger partial charge in [0.1, 0.15) is 11.9 Å². The molecule has 98 valence electrons. The molecule has 0 aromatic heterocycles. The molecule has 1 aliphatic heterocycles. The van der Waals surface area contributed by atoms with E-state index < -0.39 is 0 Å². The van der Waals surface area contributed by atoms with Crippen LogP contribution < -0.4 is 0 Å². The molecule has 3 nitrogen and oxygen atoms in total. The first-order valence-corrected chi connectivity index (χ1v) is 6.73. The second-order valence-corrected chi connectivity index (χ2v) is 6.28. The van der Waals surface area contributed by atoms with E-state index in [4.69, 9.17) is 4.74 Å². The lowest BCUT2D eigenvalue weighted by Gasteiger charge is -2.47. The summed E-state index contributed by atoms with van der Waals surface area (Å²) < 4.78 is 5.61. The van der Waals surface area contributed by atoms with Crippen molar-refractivity contribution in [3.05, 3.63) is 23.5 Å². The van der Waals surface area contributed by atoms with E-state index in [9.17, 15) is 9.90 Å². The van der Waals surface area contributed by atoms with E-state index in [0.29, 0.717) is 11.7 Å². The van der Waals surface area contributed by atoms with Crippen molar-refractivity contribution in [1.29, 1.82) is 0 Å². The van der Waals surface area contributed by atoms with Crippen molar-refractivity contribution in [2.75, 3.05) is 0 Å². The van der Waals surface area contributed by atoms with Gasteiger partial charge in [0.2, 0.25) is 0 Å². The number of carbonyl (C=O) groups excluding carboxylic acids is 1. The number of allylic oxidation sites excluding steroid dienone is 2. The molecule has 0 spiro atoms. The van der Waals surface area contributed by atoms with Gasteiger partial charge in [-0.3, -0.25) is 4.79 Å². The number of carbonyl (C=O) groups is 1. The largest absolute Gasteiger partial charge is 0.508 e. The minimum absolute atomic E-state index is 0.000369. The molecular formula is C15H20O3. The van der Waals surface area contributed by atoms with Crippen molar-refractivity contribution < 1.29 is 14.6 Å². The van der Waals surface area contributed by atoms with Crippen LogP contribution in [-0.2, 0) is 9.53 Å². The standard InChI is InChI=1S/C15H20O3/c1-8-10-4-6-15(3)7-5-11(16)9(2)12(15)13(10)18-14(8)17/h5,7-8,10,12-13,16H,4,6H2,1-3H3/t8-,10-,12?,13-,15-/m0/s1. The van der Waals surface area contributed by atoms with E-state index in [0.717, 1.165) is 18.4 Å². The Kier molecular flexibility index (Phi) is 2.38.